The molecule has 0 radical (unpaired) electrons. The zero-order valence-electron chi connectivity index (χ0n) is 11.1. The molecule has 2 rings (SSSR count). The zero-order chi connectivity index (χ0) is 14.9. The Labute approximate surface area is 136 Å². The Morgan fingerprint density at radius 2 is 2.05 bits per heavy atom. The van der Waals surface area contributed by atoms with Crippen LogP contribution in [0.4, 0.5) is 0 Å². The number of carbonyl (C=O) groups excluding carboxylic acids is 1. The Hall–Kier alpha value is -0.840. The van der Waals surface area contributed by atoms with Gasteiger partial charge in [0.05, 0.1) is 27.9 Å². The maximum atomic E-state index is 12.4. The molecule has 0 unspecified atom stereocenters. The molecule has 0 amide bonds. The molecule has 20 heavy (non-hydrogen) atoms. The van der Waals surface area contributed by atoms with E-state index in [0.29, 0.717) is 25.8 Å². The zero-order valence-corrected chi connectivity index (χ0v) is 14.2. The number of aryl methyl sites for hydroxylation is 2. The maximum Gasteiger partial charge on any atom is 0.170 e. The normalized spacial score (nSPS) is 10.8. The van der Waals surface area contributed by atoms with E-state index in [1.54, 1.807) is 29.9 Å². The SMILES string of the molecule is CCc1nn(C)c(CC(=O)c2cccc(Br)c2Cl)c1Cl. The Morgan fingerprint density at radius 1 is 1.35 bits per heavy atom. The van der Waals surface area contributed by atoms with Crippen LogP contribution in [0.1, 0.15) is 28.7 Å². The molecule has 0 saturated carbocycles. The van der Waals surface area contributed by atoms with Gasteiger partial charge in [-0.1, -0.05) is 36.2 Å². The number of Topliss-reactive ketones (excluding diaryl/α,β-unsaturated/α-hetero) is 1. The molecule has 0 fully saturated rings. The van der Waals surface area contributed by atoms with E-state index in [-0.39, 0.29) is 12.2 Å². The summed E-state index contributed by atoms with van der Waals surface area (Å²) in [6, 6.07) is 5.29. The Morgan fingerprint density at radius 3 is 2.65 bits per heavy atom. The molecule has 106 valence electrons. The summed E-state index contributed by atoms with van der Waals surface area (Å²) in [7, 11) is 1.79. The average molecular weight is 376 g/mol. The Bertz CT molecular complexity index is 667. The van der Waals surface area contributed by atoms with Crippen LogP contribution in [0, 0.1) is 0 Å². The molecule has 0 N–H and O–H groups in total. The largest absolute Gasteiger partial charge is 0.294 e. The Balaban J connectivity index is 2.33. The first kappa shape index (κ1) is 15.5. The molecular formula is C14H13BrCl2N2O. The van der Waals surface area contributed by atoms with Crippen molar-refractivity contribution in [3.05, 3.63) is 49.7 Å². The lowest BCUT2D eigenvalue weighted by Gasteiger charge is -2.06. The second kappa shape index (κ2) is 6.29. The molecular weight excluding hydrogens is 363 g/mol. The van der Waals surface area contributed by atoms with Gasteiger partial charge < -0.3 is 0 Å². The molecule has 0 aliphatic rings. The van der Waals surface area contributed by atoms with E-state index in [4.69, 9.17) is 23.2 Å². The van der Waals surface area contributed by atoms with Crippen molar-refractivity contribution in [2.75, 3.05) is 0 Å². The van der Waals surface area contributed by atoms with Crippen molar-refractivity contribution in [2.24, 2.45) is 7.05 Å². The lowest BCUT2D eigenvalue weighted by molar-refractivity contribution is 0.0991. The second-order valence-corrected chi connectivity index (χ2v) is 6.00. The third-order valence-corrected chi connectivity index (χ3v) is 4.82. The van der Waals surface area contributed by atoms with Crippen LogP contribution in [0.25, 0.3) is 0 Å². The number of nitrogens with zero attached hydrogens (tertiary/aromatic N) is 2. The quantitative estimate of drug-likeness (QED) is 0.738. The topological polar surface area (TPSA) is 34.9 Å². The maximum absolute atomic E-state index is 12.4. The highest BCUT2D eigenvalue weighted by Gasteiger charge is 2.19. The number of carbonyl (C=O) groups is 1. The van der Waals surface area contributed by atoms with Crippen molar-refractivity contribution in [1.29, 1.82) is 0 Å². The molecule has 3 nitrogen and oxygen atoms in total. The van der Waals surface area contributed by atoms with Gasteiger partial charge in [0, 0.05) is 17.1 Å². The molecule has 1 aromatic heterocycles. The minimum absolute atomic E-state index is 0.0798. The summed E-state index contributed by atoms with van der Waals surface area (Å²) >= 11 is 15.7. The highest BCUT2D eigenvalue weighted by atomic mass is 79.9. The van der Waals surface area contributed by atoms with Crippen LogP contribution in [0.3, 0.4) is 0 Å². The summed E-state index contributed by atoms with van der Waals surface area (Å²) in [5.74, 6) is -0.0798. The fraction of sp³-hybridized carbons (Fsp3) is 0.286. The van der Waals surface area contributed by atoms with Gasteiger partial charge in [-0.3, -0.25) is 9.48 Å². The number of hydrogen-bond acceptors (Lipinski definition) is 2. The summed E-state index contributed by atoms with van der Waals surface area (Å²) in [5, 5.41) is 5.29. The van der Waals surface area contributed by atoms with Gasteiger partial charge in [-0.05, 0) is 34.5 Å². The van der Waals surface area contributed by atoms with Crippen LogP contribution >= 0.6 is 39.1 Å². The molecule has 2 aromatic rings. The van der Waals surface area contributed by atoms with E-state index in [1.165, 1.54) is 0 Å². The van der Waals surface area contributed by atoms with Gasteiger partial charge in [0.25, 0.3) is 0 Å². The van der Waals surface area contributed by atoms with Gasteiger partial charge in [0.15, 0.2) is 5.78 Å². The van der Waals surface area contributed by atoms with Crippen LogP contribution < -0.4 is 0 Å². The van der Waals surface area contributed by atoms with Crippen molar-refractivity contribution in [1.82, 2.24) is 9.78 Å². The smallest absolute Gasteiger partial charge is 0.170 e. The van der Waals surface area contributed by atoms with Crippen molar-refractivity contribution in [3.8, 4) is 0 Å². The van der Waals surface area contributed by atoms with Crippen molar-refractivity contribution < 1.29 is 4.79 Å². The van der Waals surface area contributed by atoms with Gasteiger partial charge >= 0.3 is 0 Å². The highest BCUT2D eigenvalue weighted by molar-refractivity contribution is 9.10. The standard InChI is InChI=1S/C14H13BrCl2N2O/c1-3-10-14(17)11(19(2)18-10)7-12(20)8-5-4-6-9(15)13(8)16/h4-6H,3,7H2,1-2H3. The summed E-state index contributed by atoms with van der Waals surface area (Å²) in [6.07, 6.45) is 0.914. The van der Waals surface area contributed by atoms with Crippen LogP contribution in [0.15, 0.2) is 22.7 Å². The Kier molecular flexibility index (Phi) is 4.89. The number of halogens is 3. The highest BCUT2D eigenvalue weighted by Crippen LogP contribution is 2.28. The number of ketones is 1. The number of aromatic nitrogens is 2. The first-order chi connectivity index (χ1) is 9.45. The van der Waals surface area contributed by atoms with Gasteiger partial charge in [-0.2, -0.15) is 5.10 Å². The molecule has 0 saturated heterocycles. The molecule has 0 aliphatic heterocycles. The minimum Gasteiger partial charge on any atom is -0.294 e. The van der Waals surface area contributed by atoms with Crippen LogP contribution in [-0.2, 0) is 19.9 Å². The fourth-order valence-corrected chi connectivity index (χ4v) is 2.94. The minimum atomic E-state index is -0.0798. The van der Waals surface area contributed by atoms with Crippen molar-refractivity contribution in [3.63, 3.8) is 0 Å². The van der Waals surface area contributed by atoms with Crippen molar-refractivity contribution >= 4 is 44.9 Å². The fourth-order valence-electron chi connectivity index (χ4n) is 1.98. The van der Waals surface area contributed by atoms with Crippen LogP contribution in [0.5, 0.6) is 0 Å². The summed E-state index contributed by atoms with van der Waals surface area (Å²) in [4.78, 5) is 12.4. The van der Waals surface area contributed by atoms with E-state index in [9.17, 15) is 4.79 Å². The lowest BCUT2D eigenvalue weighted by atomic mass is 10.1. The van der Waals surface area contributed by atoms with Crippen LogP contribution in [-0.4, -0.2) is 15.6 Å². The summed E-state index contributed by atoms with van der Waals surface area (Å²) in [6.45, 7) is 1.98. The van der Waals surface area contributed by atoms with E-state index in [1.807, 2.05) is 6.92 Å². The average Bonchev–Trinajstić information content (AvgIpc) is 2.69. The number of benzene rings is 1. The molecule has 6 heteroatoms. The number of rotatable bonds is 4. The van der Waals surface area contributed by atoms with E-state index >= 15 is 0 Å². The van der Waals surface area contributed by atoms with E-state index < -0.39 is 0 Å². The molecule has 0 aliphatic carbocycles. The second-order valence-electron chi connectivity index (χ2n) is 4.39. The predicted octanol–water partition coefficient (Wildman–Crippen LogP) is 4.48. The first-order valence-corrected chi connectivity index (χ1v) is 7.68. The van der Waals surface area contributed by atoms with Crippen molar-refractivity contribution in [2.45, 2.75) is 19.8 Å². The molecule has 1 aromatic carbocycles. The van der Waals surface area contributed by atoms with Gasteiger partial charge in [0.1, 0.15) is 0 Å². The predicted molar refractivity (Wildman–Crippen MR) is 84.8 cm³/mol. The number of hydrogen-bond donors (Lipinski definition) is 0. The third-order valence-electron chi connectivity index (χ3n) is 3.08. The van der Waals surface area contributed by atoms with Gasteiger partial charge in [0.2, 0.25) is 0 Å². The van der Waals surface area contributed by atoms with E-state index in [0.717, 1.165) is 12.1 Å². The summed E-state index contributed by atoms with van der Waals surface area (Å²) in [5.41, 5.74) is 2.00. The lowest BCUT2D eigenvalue weighted by Crippen LogP contribution is -2.09. The molecule has 0 spiro atoms. The third kappa shape index (κ3) is 2.92. The molecule has 0 bridgehead atoms. The van der Waals surface area contributed by atoms with Crippen LogP contribution in [0.2, 0.25) is 10.0 Å². The monoisotopic (exact) mass is 374 g/mol. The van der Waals surface area contributed by atoms with Gasteiger partial charge in [-0.15, -0.1) is 0 Å². The summed E-state index contributed by atoms with van der Waals surface area (Å²) < 4.78 is 2.36. The molecule has 1 heterocycles. The first-order valence-electron chi connectivity index (χ1n) is 6.13. The molecule has 0 atom stereocenters. The van der Waals surface area contributed by atoms with E-state index in [2.05, 4.69) is 21.0 Å². The van der Waals surface area contributed by atoms with Gasteiger partial charge in [-0.25, -0.2) is 0 Å².